The van der Waals surface area contributed by atoms with Crippen LogP contribution in [0.4, 0.5) is 4.79 Å². The second-order valence-corrected chi connectivity index (χ2v) is 7.74. The maximum Gasteiger partial charge on any atom is 0.407 e. The molecule has 1 fully saturated rings. The highest BCUT2D eigenvalue weighted by atomic mass is 32.2. The Hall–Kier alpha value is -0.990. The Bertz CT molecular complexity index is 382. The Labute approximate surface area is 149 Å². The van der Waals surface area contributed by atoms with Crippen LogP contribution in [0, 0.1) is 0 Å². The molecule has 0 saturated carbocycles. The van der Waals surface area contributed by atoms with E-state index in [1.54, 1.807) is 0 Å². The fourth-order valence-electron chi connectivity index (χ4n) is 2.11. The lowest BCUT2D eigenvalue weighted by molar-refractivity contribution is -0.118. The summed E-state index contributed by atoms with van der Waals surface area (Å²) in [6.45, 7) is 11.2. The number of rotatable bonds is 9. The number of ether oxygens (including phenoxy) is 2. The molecule has 1 rings (SSSR count). The standard InChI is InChI=1S/C16H31N3O4S/c1-16(2,3)23-15(21)18-6-12-24-13-14(20)17-5-4-7-19-8-10-22-11-9-19/h4-13H2,1-3H3,(H,17,20)(H,18,21). The molecule has 0 aromatic carbocycles. The summed E-state index contributed by atoms with van der Waals surface area (Å²) < 4.78 is 10.4. The van der Waals surface area contributed by atoms with Crippen LogP contribution in [0.1, 0.15) is 27.2 Å². The number of hydrogen-bond acceptors (Lipinski definition) is 6. The van der Waals surface area contributed by atoms with E-state index in [0.717, 1.165) is 39.3 Å². The van der Waals surface area contributed by atoms with Crippen molar-refractivity contribution in [3.8, 4) is 0 Å². The van der Waals surface area contributed by atoms with Gasteiger partial charge in [0.2, 0.25) is 5.91 Å². The van der Waals surface area contributed by atoms with Crippen molar-refractivity contribution in [1.82, 2.24) is 15.5 Å². The van der Waals surface area contributed by atoms with E-state index in [-0.39, 0.29) is 5.91 Å². The molecule has 140 valence electrons. The van der Waals surface area contributed by atoms with Gasteiger partial charge in [0.05, 0.1) is 19.0 Å². The van der Waals surface area contributed by atoms with Gasteiger partial charge in [-0.25, -0.2) is 4.79 Å². The molecule has 24 heavy (non-hydrogen) atoms. The second kappa shape index (κ2) is 11.5. The summed E-state index contributed by atoms with van der Waals surface area (Å²) in [6, 6.07) is 0. The van der Waals surface area contributed by atoms with E-state index < -0.39 is 11.7 Å². The number of alkyl carbamates (subject to hydrolysis) is 1. The average Bonchev–Trinajstić information content (AvgIpc) is 2.50. The van der Waals surface area contributed by atoms with Crippen LogP contribution >= 0.6 is 11.8 Å². The van der Waals surface area contributed by atoms with Crippen molar-refractivity contribution in [2.75, 3.05) is 57.4 Å². The predicted molar refractivity (Wildman–Crippen MR) is 96.4 cm³/mol. The minimum Gasteiger partial charge on any atom is -0.444 e. The summed E-state index contributed by atoms with van der Waals surface area (Å²) in [7, 11) is 0. The van der Waals surface area contributed by atoms with Crippen molar-refractivity contribution in [2.45, 2.75) is 32.8 Å². The lowest BCUT2D eigenvalue weighted by Gasteiger charge is -2.26. The molecule has 0 unspecified atom stereocenters. The number of carbonyl (C=O) groups excluding carboxylic acids is 2. The van der Waals surface area contributed by atoms with Gasteiger partial charge in [0.25, 0.3) is 0 Å². The molecule has 0 atom stereocenters. The van der Waals surface area contributed by atoms with Gasteiger partial charge in [-0.2, -0.15) is 11.8 Å². The Kier molecular flexibility index (Phi) is 10.1. The zero-order chi connectivity index (χ0) is 17.8. The predicted octanol–water partition coefficient (Wildman–Crippen LogP) is 1.08. The van der Waals surface area contributed by atoms with Crippen molar-refractivity contribution >= 4 is 23.8 Å². The zero-order valence-corrected chi connectivity index (χ0v) is 15.9. The minimum atomic E-state index is -0.488. The molecule has 7 nitrogen and oxygen atoms in total. The molecule has 1 heterocycles. The van der Waals surface area contributed by atoms with Crippen LogP contribution in [-0.2, 0) is 14.3 Å². The van der Waals surface area contributed by atoms with E-state index >= 15 is 0 Å². The lowest BCUT2D eigenvalue weighted by atomic mass is 10.2. The highest BCUT2D eigenvalue weighted by Crippen LogP contribution is 2.06. The Morgan fingerprint density at radius 2 is 1.88 bits per heavy atom. The van der Waals surface area contributed by atoms with Crippen molar-refractivity contribution in [3.05, 3.63) is 0 Å². The van der Waals surface area contributed by atoms with E-state index in [1.165, 1.54) is 11.8 Å². The van der Waals surface area contributed by atoms with Crippen molar-refractivity contribution < 1.29 is 19.1 Å². The summed E-state index contributed by atoms with van der Waals surface area (Å²) in [5, 5.41) is 5.60. The molecule has 2 amide bonds. The molecule has 1 aliphatic heterocycles. The Morgan fingerprint density at radius 1 is 1.17 bits per heavy atom. The molecule has 0 aromatic rings. The molecule has 0 aliphatic carbocycles. The van der Waals surface area contributed by atoms with Crippen LogP contribution in [0.5, 0.6) is 0 Å². The molecular formula is C16H31N3O4S. The molecule has 0 aromatic heterocycles. The molecule has 8 heteroatoms. The normalized spacial score (nSPS) is 15.8. The van der Waals surface area contributed by atoms with Crippen molar-refractivity contribution in [1.29, 1.82) is 0 Å². The van der Waals surface area contributed by atoms with Gasteiger partial charge < -0.3 is 20.1 Å². The summed E-state index contributed by atoms with van der Waals surface area (Å²) >= 11 is 1.50. The number of hydrogen-bond donors (Lipinski definition) is 2. The lowest BCUT2D eigenvalue weighted by Crippen LogP contribution is -2.38. The highest BCUT2D eigenvalue weighted by Gasteiger charge is 2.15. The Morgan fingerprint density at radius 3 is 2.54 bits per heavy atom. The van der Waals surface area contributed by atoms with Gasteiger partial charge in [0, 0.05) is 31.9 Å². The number of amides is 2. The maximum atomic E-state index is 11.7. The van der Waals surface area contributed by atoms with Crippen molar-refractivity contribution in [2.24, 2.45) is 0 Å². The third-order valence-corrected chi connectivity index (χ3v) is 4.18. The quantitative estimate of drug-likeness (QED) is 0.598. The van der Waals surface area contributed by atoms with Crippen LogP contribution in [0.2, 0.25) is 0 Å². The Balaban J connectivity index is 1.91. The number of thioether (sulfide) groups is 1. The highest BCUT2D eigenvalue weighted by molar-refractivity contribution is 7.99. The number of carbonyl (C=O) groups is 2. The van der Waals surface area contributed by atoms with Gasteiger partial charge in [-0.3, -0.25) is 9.69 Å². The van der Waals surface area contributed by atoms with E-state index in [2.05, 4.69) is 15.5 Å². The van der Waals surface area contributed by atoms with Crippen LogP contribution in [-0.4, -0.2) is 79.9 Å². The zero-order valence-electron chi connectivity index (χ0n) is 15.1. The number of nitrogens with one attached hydrogen (secondary N) is 2. The van der Waals surface area contributed by atoms with E-state index in [1.807, 2.05) is 20.8 Å². The SMILES string of the molecule is CC(C)(C)OC(=O)NCCSCC(=O)NCCCN1CCOCC1. The smallest absolute Gasteiger partial charge is 0.407 e. The molecule has 0 spiro atoms. The largest absolute Gasteiger partial charge is 0.444 e. The van der Waals surface area contributed by atoms with Crippen LogP contribution in [0.3, 0.4) is 0 Å². The fourth-order valence-corrected chi connectivity index (χ4v) is 2.79. The fraction of sp³-hybridized carbons (Fsp3) is 0.875. The average molecular weight is 362 g/mol. The second-order valence-electron chi connectivity index (χ2n) is 6.64. The van der Waals surface area contributed by atoms with E-state index in [0.29, 0.717) is 24.6 Å². The van der Waals surface area contributed by atoms with Crippen LogP contribution in [0.25, 0.3) is 0 Å². The van der Waals surface area contributed by atoms with E-state index in [9.17, 15) is 9.59 Å². The van der Waals surface area contributed by atoms with Gasteiger partial charge >= 0.3 is 6.09 Å². The maximum absolute atomic E-state index is 11.7. The first-order valence-corrected chi connectivity index (χ1v) is 9.64. The monoisotopic (exact) mass is 361 g/mol. The summed E-state index contributed by atoms with van der Waals surface area (Å²) in [4.78, 5) is 25.5. The molecule has 0 radical (unpaired) electrons. The molecule has 1 aliphatic rings. The van der Waals surface area contributed by atoms with Gasteiger partial charge in [-0.05, 0) is 33.7 Å². The topological polar surface area (TPSA) is 79.9 Å². The van der Waals surface area contributed by atoms with Gasteiger partial charge in [0.1, 0.15) is 5.60 Å². The van der Waals surface area contributed by atoms with Crippen molar-refractivity contribution in [3.63, 3.8) is 0 Å². The molecule has 0 bridgehead atoms. The van der Waals surface area contributed by atoms with Crippen LogP contribution < -0.4 is 10.6 Å². The van der Waals surface area contributed by atoms with Gasteiger partial charge in [0.15, 0.2) is 0 Å². The molecule has 1 saturated heterocycles. The van der Waals surface area contributed by atoms with E-state index in [4.69, 9.17) is 9.47 Å². The summed E-state index contributed by atoms with van der Waals surface area (Å²) in [5.41, 5.74) is -0.488. The van der Waals surface area contributed by atoms with Gasteiger partial charge in [-0.15, -0.1) is 0 Å². The minimum absolute atomic E-state index is 0.0410. The first kappa shape index (κ1) is 21.1. The molecular weight excluding hydrogens is 330 g/mol. The number of morpholine rings is 1. The molecule has 2 N–H and O–H groups in total. The van der Waals surface area contributed by atoms with Gasteiger partial charge in [-0.1, -0.05) is 0 Å². The first-order valence-electron chi connectivity index (χ1n) is 8.48. The third kappa shape index (κ3) is 11.5. The number of nitrogens with zero attached hydrogens (tertiary/aromatic N) is 1. The summed E-state index contributed by atoms with van der Waals surface area (Å²) in [6.07, 6.45) is 0.534. The van der Waals surface area contributed by atoms with Crippen LogP contribution in [0.15, 0.2) is 0 Å². The first-order chi connectivity index (χ1) is 11.4. The third-order valence-electron chi connectivity index (χ3n) is 3.22. The summed E-state index contributed by atoms with van der Waals surface area (Å²) in [5.74, 6) is 1.13.